The lowest BCUT2D eigenvalue weighted by molar-refractivity contribution is -0.121. The van der Waals surface area contributed by atoms with Crippen LogP contribution in [0.3, 0.4) is 0 Å². The Morgan fingerprint density at radius 1 is 1.03 bits per heavy atom. The summed E-state index contributed by atoms with van der Waals surface area (Å²) in [5, 5.41) is 5.51. The molecule has 2 heterocycles. The number of ether oxygens (including phenoxy) is 2. The Hall–Kier alpha value is -3.13. The zero-order valence-corrected chi connectivity index (χ0v) is 15.8. The first kappa shape index (κ1) is 19.2. The molecule has 2 N–H and O–H groups in total. The fraction of sp³-hybridized carbons (Fsp3) is 0.333. The first-order valence-corrected chi connectivity index (χ1v) is 9.56. The molecule has 7 nitrogen and oxygen atoms in total. The van der Waals surface area contributed by atoms with E-state index in [9.17, 15) is 14.0 Å². The number of carbonyl (C=O) groups is 2. The summed E-state index contributed by atoms with van der Waals surface area (Å²) in [4.78, 5) is 26.7. The molecule has 0 bridgehead atoms. The molecule has 0 unspecified atom stereocenters. The van der Waals surface area contributed by atoms with Crippen molar-refractivity contribution in [1.82, 2.24) is 4.90 Å². The second kappa shape index (κ2) is 8.48. The highest BCUT2D eigenvalue weighted by atomic mass is 19.1. The maximum absolute atomic E-state index is 13.6. The first-order chi connectivity index (χ1) is 14.1. The lowest BCUT2D eigenvalue weighted by atomic mass is 9.95. The third-order valence-corrected chi connectivity index (χ3v) is 5.11. The predicted molar refractivity (Wildman–Crippen MR) is 105 cm³/mol. The fourth-order valence-electron chi connectivity index (χ4n) is 3.53. The van der Waals surface area contributed by atoms with Crippen molar-refractivity contribution < 1.29 is 23.5 Å². The van der Waals surface area contributed by atoms with Gasteiger partial charge < -0.3 is 20.1 Å². The van der Waals surface area contributed by atoms with Gasteiger partial charge in [-0.05, 0) is 50.2 Å². The van der Waals surface area contributed by atoms with Crippen molar-refractivity contribution in [2.75, 3.05) is 37.1 Å². The SMILES string of the molecule is O=C(CN1CCC(C(=O)Nc2ccc3c(c2)OCO3)CC1)Nc1ccccc1F. The molecule has 1 saturated heterocycles. The van der Waals surface area contributed by atoms with E-state index in [1.54, 1.807) is 30.3 Å². The topological polar surface area (TPSA) is 79.9 Å². The van der Waals surface area contributed by atoms with Gasteiger partial charge in [0, 0.05) is 17.7 Å². The molecule has 0 atom stereocenters. The van der Waals surface area contributed by atoms with E-state index in [0.29, 0.717) is 43.1 Å². The molecular formula is C21H22FN3O4. The van der Waals surface area contributed by atoms with Crippen LogP contribution in [0.2, 0.25) is 0 Å². The number of para-hydroxylation sites is 1. The second-order valence-corrected chi connectivity index (χ2v) is 7.14. The maximum Gasteiger partial charge on any atom is 0.238 e. The molecule has 0 aliphatic carbocycles. The van der Waals surface area contributed by atoms with Gasteiger partial charge in [0.25, 0.3) is 0 Å². The van der Waals surface area contributed by atoms with E-state index in [0.717, 1.165) is 0 Å². The van der Waals surface area contributed by atoms with Crippen LogP contribution in [0, 0.1) is 11.7 Å². The monoisotopic (exact) mass is 399 g/mol. The molecule has 2 aliphatic heterocycles. The average molecular weight is 399 g/mol. The Morgan fingerprint density at radius 3 is 2.59 bits per heavy atom. The number of piperidine rings is 1. The second-order valence-electron chi connectivity index (χ2n) is 7.14. The van der Waals surface area contributed by atoms with Crippen LogP contribution >= 0.6 is 0 Å². The van der Waals surface area contributed by atoms with Crippen LogP contribution in [0.25, 0.3) is 0 Å². The minimum atomic E-state index is -0.459. The van der Waals surface area contributed by atoms with Gasteiger partial charge >= 0.3 is 0 Å². The Kier molecular flexibility index (Phi) is 5.62. The Balaban J connectivity index is 1.24. The molecule has 2 aromatic rings. The van der Waals surface area contributed by atoms with Crippen LogP contribution in [0.15, 0.2) is 42.5 Å². The fourth-order valence-corrected chi connectivity index (χ4v) is 3.53. The molecule has 2 amide bonds. The van der Waals surface area contributed by atoms with Crippen molar-refractivity contribution in [2.45, 2.75) is 12.8 Å². The summed E-state index contributed by atoms with van der Waals surface area (Å²) in [5.41, 5.74) is 0.849. The highest BCUT2D eigenvalue weighted by molar-refractivity contribution is 5.93. The number of halogens is 1. The van der Waals surface area contributed by atoms with Crippen LogP contribution in [0.5, 0.6) is 11.5 Å². The van der Waals surface area contributed by atoms with Crippen LogP contribution in [0.1, 0.15) is 12.8 Å². The zero-order chi connectivity index (χ0) is 20.2. The largest absolute Gasteiger partial charge is 0.454 e. The van der Waals surface area contributed by atoms with E-state index < -0.39 is 5.82 Å². The number of carbonyl (C=O) groups excluding carboxylic acids is 2. The maximum atomic E-state index is 13.6. The summed E-state index contributed by atoms with van der Waals surface area (Å²) in [7, 11) is 0. The molecule has 0 spiro atoms. The molecule has 8 heteroatoms. The van der Waals surface area contributed by atoms with Gasteiger partial charge in [0.1, 0.15) is 5.82 Å². The van der Waals surface area contributed by atoms with Crippen LogP contribution < -0.4 is 20.1 Å². The average Bonchev–Trinajstić information content (AvgIpc) is 3.18. The minimum Gasteiger partial charge on any atom is -0.454 e. The van der Waals surface area contributed by atoms with Gasteiger partial charge in [-0.25, -0.2) is 4.39 Å². The minimum absolute atomic E-state index is 0.0423. The number of nitrogens with one attached hydrogen (secondary N) is 2. The van der Waals surface area contributed by atoms with E-state index in [1.807, 2.05) is 4.90 Å². The number of fused-ring (bicyclic) bond motifs is 1. The number of hydrogen-bond acceptors (Lipinski definition) is 5. The molecule has 29 heavy (non-hydrogen) atoms. The lowest BCUT2D eigenvalue weighted by Crippen LogP contribution is -2.41. The van der Waals surface area contributed by atoms with E-state index in [2.05, 4.69) is 10.6 Å². The van der Waals surface area contributed by atoms with Crippen molar-refractivity contribution in [3.63, 3.8) is 0 Å². The van der Waals surface area contributed by atoms with Gasteiger partial charge in [0.2, 0.25) is 18.6 Å². The Morgan fingerprint density at radius 2 is 1.79 bits per heavy atom. The molecule has 4 rings (SSSR count). The Bertz CT molecular complexity index is 913. The van der Waals surface area contributed by atoms with Crippen molar-refractivity contribution in [2.24, 2.45) is 5.92 Å². The third kappa shape index (κ3) is 4.65. The molecule has 2 aliphatic rings. The van der Waals surface area contributed by atoms with Crippen molar-refractivity contribution in [3.05, 3.63) is 48.3 Å². The van der Waals surface area contributed by atoms with E-state index >= 15 is 0 Å². The van der Waals surface area contributed by atoms with Crippen molar-refractivity contribution in [3.8, 4) is 11.5 Å². The number of anilines is 2. The van der Waals surface area contributed by atoms with Gasteiger partial charge in [-0.1, -0.05) is 12.1 Å². The number of likely N-dealkylation sites (tertiary alicyclic amines) is 1. The molecule has 0 aromatic heterocycles. The van der Waals surface area contributed by atoms with Crippen LogP contribution in [-0.4, -0.2) is 43.1 Å². The summed E-state index contributed by atoms with van der Waals surface area (Å²) >= 11 is 0. The quantitative estimate of drug-likeness (QED) is 0.808. The van der Waals surface area contributed by atoms with E-state index in [-0.39, 0.29) is 36.8 Å². The van der Waals surface area contributed by atoms with Gasteiger partial charge in [0.05, 0.1) is 12.2 Å². The van der Waals surface area contributed by atoms with Crippen molar-refractivity contribution in [1.29, 1.82) is 0 Å². The number of amides is 2. The molecule has 0 radical (unpaired) electrons. The first-order valence-electron chi connectivity index (χ1n) is 9.56. The summed E-state index contributed by atoms with van der Waals surface area (Å²) < 4.78 is 24.2. The summed E-state index contributed by atoms with van der Waals surface area (Å²) in [6, 6.07) is 11.4. The number of nitrogens with zero attached hydrogens (tertiary/aromatic N) is 1. The zero-order valence-electron chi connectivity index (χ0n) is 15.8. The van der Waals surface area contributed by atoms with E-state index in [4.69, 9.17) is 9.47 Å². The van der Waals surface area contributed by atoms with Crippen LogP contribution in [-0.2, 0) is 9.59 Å². The summed E-state index contributed by atoms with van der Waals surface area (Å²) in [5.74, 6) is 0.409. The normalized spacial score (nSPS) is 16.4. The van der Waals surface area contributed by atoms with Crippen LogP contribution in [0.4, 0.5) is 15.8 Å². The standard InChI is InChI=1S/C21H22FN3O4/c22-16-3-1-2-4-17(16)24-20(26)12-25-9-7-14(8-10-25)21(27)23-15-5-6-18-19(11-15)29-13-28-18/h1-6,11,14H,7-10,12-13H2,(H,23,27)(H,24,26). The highest BCUT2D eigenvalue weighted by Crippen LogP contribution is 2.34. The number of hydrogen-bond donors (Lipinski definition) is 2. The van der Waals surface area contributed by atoms with Gasteiger partial charge in [-0.2, -0.15) is 0 Å². The molecule has 2 aromatic carbocycles. The Labute approximate surface area is 167 Å². The molecule has 152 valence electrons. The third-order valence-electron chi connectivity index (χ3n) is 5.11. The highest BCUT2D eigenvalue weighted by Gasteiger charge is 2.26. The van der Waals surface area contributed by atoms with Gasteiger partial charge in [0.15, 0.2) is 11.5 Å². The lowest BCUT2D eigenvalue weighted by Gasteiger charge is -2.30. The van der Waals surface area contributed by atoms with Crippen molar-refractivity contribution >= 4 is 23.2 Å². The smallest absolute Gasteiger partial charge is 0.238 e. The number of benzene rings is 2. The number of rotatable bonds is 5. The molecular weight excluding hydrogens is 377 g/mol. The molecule has 1 fully saturated rings. The van der Waals surface area contributed by atoms with Gasteiger partial charge in [-0.3, -0.25) is 14.5 Å². The predicted octanol–water partition coefficient (Wildman–Crippen LogP) is 2.84. The summed E-state index contributed by atoms with van der Waals surface area (Å²) in [6.07, 6.45) is 1.31. The van der Waals surface area contributed by atoms with Gasteiger partial charge in [-0.15, -0.1) is 0 Å². The molecule has 0 saturated carbocycles. The van der Waals surface area contributed by atoms with E-state index in [1.165, 1.54) is 12.1 Å². The summed E-state index contributed by atoms with van der Waals surface area (Å²) in [6.45, 7) is 1.62.